The quantitative estimate of drug-likeness (QED) is 0.752. The summed E-state index contributed by atoms with van der Waals surface area (Å²) in [5, 5.41) is 12.8. The van der Waals surface area contributed by atoms with E-state index in [0.29, 0.717) is 12.0 Å². The van der Waals surface area contributed by atoms with E-state index in [2.05, 4.69) is 5.32 Å². The first-order chi connectivity index (χ1) is 9.31. The molecule has 0 saturated heterocycles. The summed E-state index contributed by atoms with van der Waals surface area (Å²) >= 11 is 0. The smallest absolute Gasteiger partial charge is 0.237 e. The van der Waals surface area contributed by atoms with E-state index >= 15 is 0 Å². The molecule has 0 aliphatic heterocycles. The van der Waals surface area contributed by atoms with Crippen molar-refractivity contribution >= 4 is 18.3 Å². The van der Waals surface area contributed by atoms with Gasteiger partial charge < -0.3 is 16.2 Å². The van der Waals surface area contributed by atoms with Crippen molar-refractivity contribution in [3.05, 3.63) is 35.6 Å². The monoisotopic (exact) mass is 318 g/mol. The maximum atomic E-state index is 12.8. The standard InChI is InChI=1S/C15H23FN2O2.ClH/c1-9(2)14(17)15(20)18-10(3)8-13(19)11-4-6-12(16)7-5-11;/h4-7,9-10,13-14,19H,8,17H2,1-3H3,(H,18,20);1H/t10?,13?,14-;/m0./s1. The number of benzene rings is 1. The molecule has 0 aliphatic carbocycles. The van der Waals surface area contributed by atoms with Crippen molar-refractivity contribution in [1.29, 1.82) is 0 Å². The Morgan fingerprint density at radius 1 is 1.29 bits per heavy atom. The second kappa shape index (κ2) is 8.97. The molecule has 21 heavy (non-hydrogen) atoms. The molecular weight excluding hydrogens is 295 g/mol. The SMILES string of the molecule is CC(CC(O)c1ccc(F)cc1)NC(=O)[C@@H](N)C(C)C.Cl. The maximum Gasteiger partial charge on any atom is 0.237 e. The van der Waals surface area contributed by atoms with Crippen LogP contribution in [-0.4, -0.2) is 23.1 Å². The normalized spacial score (nSPS) is 15.0. The summed E-state index contributed by atoms with van der Waals surface area (Å²) in [6.07, 6.45) is -0.400. The molecular formula is C15H24ClFN2O2. The second-order valence-corrected chi connectivity index (χ2v) is 5.48. The van der Waals surface area contributed by atoms with E-state index in [9.17, 15) is 14.3 Å². The topological polar surface area (TPSA) is 75.3 Å². The minimum atomic E-state index is -0.749. The second-order valence-electron chi connectivity index (χ2n) is 5.48. The number of amides is 1. The van der Waals surface area contributed by atoms with Gasteiger partial charge in [-0.1, -0.05) is 26.0 Å². The summed E-state index contributed by atoms with van der Waals surface area (Å²) in [6, 6.07) is 4.91. The number of nitrogens with one attached hydrogen (secondary N) is 1. The number of halogens is 2. The van der Waals surface area contributed by atoms with Crippen molar-refractivity contribution < 1.29 is 14.3 Å². The Morgan fingerprint density at radius 3 is 2.29 bits per heavy atom. The molecule has 6 heteroatoms. The number of aliphatic hydroxyl groups is 1. The summed E-state index contributed by atoms with van der Waals surface area (Å²) in [4.78, 5) is 11.8. The van der Waals surface area contributed by atoms with Crippen molar-refractivity contribution in [3.63, 3.8) is 0 Å². The Bertz CT molecular complexity index is 440. The number of hydrogen-bond donors (Lipinski definition) is 3. The highest BCUT2D eigenvalue weighted by atomic mass is 35.5. The molecule has 0 saturated carbocycles. The minimum Gasteiger partial charge on any atom is -0.388 e. The van der Waals surface area contributed by atoms with Gasteiger partial charge in [0, 0.05) is 6.04 Å². The fraction of sp³-hybridized carbons (Fsp3) is 0.533. The predicted octanol–water partition coefficient (Wildman–Crippen LogP) is 2.16. The van der Waals surface area contributed by atoms with Crippen LogP contribution in [0.2, 0.25) is 0 Å². The molecule has 4 N–H and O–H groups in total. The number of carbonyl (C=O) groups excluding carboxylic acids is 1. The Kier molecular flexibility index (Phi) is 8.47. The Morgan fingerprint density at radius 2 is 1.81 bits per heavy atom. The van der Waals surface area contributed by atoms with Crippen LogP contribution in [-0.2, 0) is 4.79 Å². The molecule has 4 nitrogen and oxygen atoms in total. The van der Waals surface area contributed by atoms with Crippen molar-refractivity contribution in [1.82, 2.24) is 5.32 Å². The van der Waals surface area contributed by atoms with Gasteiger partial charge in [-0.15, -0.1) is 12.4 Å². The number of nitrogens with two attached hydrogens (primary N) is 1. The number of hydrogen-bond acceptors (Lipinski definition) is 3. The van der Waals surface area contributed by atoms with Gasteiger partial charge in [-0.3, -0.25) is 4.79 Å². The van der Waals surface area contributed by atoms with Crippen LogP contribution in [0.4, 0.5) is 4.39 Å². The van der Waals surface area contributed by atoms with Crippen LogP contribution in [0.1, 0.15) is 38.9 Å². The van der Waals surface area contributed by atoms with Crippen LogP contribution in [0.25, 0.3) is 0 Å². The third-order valence-corrected chi connectivity index (χ3v) is 3.24. The lowest BCUT2D eigenvalue weighted by atomic mass is 10.0. The van der Waals surface area contributed by atoms with Gasteiger partial charge in [0.15, 0.2) is 0 Å². The highest BCUT2D eigenvalue weighted by molar-refractivity contribution is 5.85. The summed E-state index contributed by atoms with van der Waals surface area (Å²) < 4.78 is 12.8. The fourth-order valence-electron chi connectivity index (χ4n) is 1.86. The molecule has 0 spiro atoms. The molecule has 1 aromatic rings. The number of rotatable bonds is 6. The van der Waals surface area contributed by atoms with Gasteiger partial charge in [0.2, 0.25) is 5.91 Å². The lowest BCUT2D eigenvalue weighted by Crippen LogP contribution is -2.47. The molecule has 0 aliphatic rings. The van der Waals surface area contributed by atoms with E-state index < -0.39 is 12.1 Å². The molecule has 0 aromatic heterocycles. The molecule has 0 fully saturated rings. The Labute approximate surface area is 131 Å². The molecule has 120 valence electrons. The van der Waals surface area contributed by atoms with Crippen molar-refractivity contribution in [2.45, 2.75) is 45.4 Å². The highest BCUT2D eigenvalue weighted by Gasteiger charge is 2.20. The first kappa shape index (κ1) is 19.8. The Balaban J connectivity index is 0.00000400. The lowest BCUT2D eigenvalue weighted by Gasteiger charge is -2.21. The van der Waals surface area contributed by atoms with Crippen LogP contribution in [0.15, 0.2) is 24.3 Å². The average Bonchev–Trinajstić information content (AvgIpc) is 2.37. The van der Waals surface area contributed by atoms with Crippen LogP contribution in [0.5, 0.6) is 0 Å². The average molecular weight is 319 g/mol. The van der Waals surface area contributed by atoms with Gasteiger partial charge in [0.05, 0.1) is 12.1 Å². The van der Waals surface area contributed by atoms with Gasteiger partial charge >= 0.3 is 0 Å². The molecule has 0 bridgehead atoms. The first-order valence-electron chi connectivity index (χ1n) is 6.80. The molecule has 2 unspecified atom stereocenters. The van der Waals surface area contributed by atoms with Crippen molar-refractivity contribution in [2.24, 2.45) is 11.7 Å². The van der Waals surface area contributed by atoms with Crippen LogP contribution in [0.3, 0.4) is 0 Å². The van der Waals surface area contributed by atoms with E-state index in [1.54, 1.807) is 6.92 Å². The summed E-state index contributed by atoms with van der Waals surface area (Å²) in [7, 11) is 0. The zero-order chi connectivity index (χ0) is 15.3. The zero-order valence-corrected chi connectivity index (χ0v) is 13.4. The van der Waals surface area contributed by atoms with Gasteiger partial charge in [0.1, 0.15) is 5.82 Å². The van der Waals surface area contributed by atoms with E-state index in [-0.39, 0.29) is 36.1 Å². The minimum absolute atomic E-state index is 0. The van der Waals surface area contributed by atoms with Crippen LogP contribution >= 0.6 is 12.4 Å². The highest BCUT2D eigenvalue weighted by Crippen LogP contribution is 2.18. The van der Waals surface area contributed by atoms with Crippen molar-refractivity contribution in [3.8, 4) is 0 Å². The third kappa shape index (κ3) is 6.42. The Hall–Kier alpha value is -1.17. The molecule has 0 heterocycles. The van der Waals surface area contributed by atoms with E-state index in [1.165, 1.54) is 24.3 Å². The zero-order valence-electron chi connectivity index (χ0n) is 12.5. The number of aliphatic hydroxyl groups excluding tert-OH is 1. The fourth-order valence-corrected chi connectivity index (χ4v) is 1.86. The summed E-state index contributed by atoms with van der Waals surface area (Å²) in [6.45, 7) is 5.56. The van der Waals surface area contributed by atoms with Gasteiger partial charge in [-0.2, -0.15) is 0 Å². The summed E-state index contributed by atoms with van der Waals surface area (Å²) in [5.74, 6) is -0.506. The predicted molar refractivity (Wildman–Crippen MR) is 83.6 cm³/mol. The lowest BCUT2D eigenvalue weighted by molar-refractivity contribution is -0.124. The van der Waals surface area contributed by atoms with E-state index in [4.69, 9.17) is 5.73 Å². The van der Waals surface area contributed by atoms with Gasteiger partial charge in [-0.05, 0) is 37.0 Å². The van der Waals surface area contributed by atoms with Gasteiger partial charge in [0.25, 0.3) is 0 Å². The molecule has 3 atom stereocenters. The largest absolute Gasteiger partial charge is 0.388 e. The third-order valence-electron chi connectivity index (χ3n) is 3.24. The molecule has 0 radical (unpaired) electrons. The molecule has 1 rings (SSSR count). The molecule has 1 aromatic carbocycles. The van der Waals surface area contributed by atoms with E-state index in [0.717, 1.165) is 0 Å². The van der Waals surface area contributed by atoms with Crippen LogP contribution in [0, 0.1) is 11.7 Å². The van der Waals surface area contributed by atoms with Gasteiger partial charge in [-0.25, -0.2) is 4.39 Å². The number of carbonyl (C=O) groups is 1. The van der Waals surface area contributed by atoms with E-state index in [1.807, 2.05) is 13.8 Å². The van der Waals surface area contributed by atoms with Crippen LogP contribution < -0.4 is 11.1 Å². The molecule has 1 amide bonds. The maximum absolute atomic E-state index is 12.8. The summed E-state index contributed by atoms with van der Waals surface area (Å²) in [5.41, 5.74) is 6.38. The van der Waals surface area contributed by atoms with Crippen molar-refractivity contribution in [2.75, 3.05) is 0 Å². The first-order valence-corrected chi connectivity index (χ1v) is 6.80.